The molecule has 1 aromatic rings. The number of amides is 1. The minimum absolute atomic E-state index is 0.00392. The molecule has 0 bridgehead atoms. The highest BCUT2D eigenvalue weighted by molar-refractivity contribution is 5.75. The first-order valence-corrected chi connectivity index (χ1v) is 8.40. The Labute approximate surface area is 138 Å². The van der Waals surface area contributed by atoms with E-state index in [1.54, 1.807) is 6.07 Å². The van der Waals surface area contributed by atoms with E-state index in [2.05, 4.69) is 19.2 Å². The van der Waals surface area contributed by atoms with Gasteiger partial charge in [0.25, 0.3) is 0 Å². The average molecular weight is 326 g/mol. The summed E-state index contributed by atoms with van der Waals surface area (Å²) >= 11 is 0. The number of nitrogens with zero attached hydrogens (tertiary/aromatic N) is 1. The van der Waals surface area contributed by atoms with E-state index < -0.39 is 0 Å². The molecule has 0 aliphatic heterocycles. The lowest BCUT2D eigenvalue weighted by Crippen LogP contribution is -2.28. The van der Waals surface area contributed by atoms with Gasteiger partial charge in [-0.15, -0.1) is 0 Å². The fraction of sp³-hybridized carbons (Fsp3) is 0.706. The molecule has 23 heavy (non-hydrogen) atoms. The van der Waals surface area contributed by atoms with Crippen LogP contribution in [0.4, 0.5) is 0 Å². The Morgan fingerprint density at radius 2 is 2.09 bits per heavy atom. The molecule has 1 aromatic heterocycles. The maximum absolute atomic E-state index is 11.8. The molecule has 0 radical (unpaired) electrons. The fourth-order valence-corrected chi connectivity index (χ4v) is 2.24. The highest BCUT2D eigenvalue weighted by Gasteiger charge is 2.14. The number of hydrogen-bond acceptors (Lipinski definition) is 4. The summed E-state index contributed by atoms with van der Waals surface area (Å²) in [7, 11) is 0. The SMILES string of the molecule is CCCc1cc(O)n(CCC(=O)NCCOCCC(C)C)c1O. The number of nitrogens with one attached hydrogen (secondary N) is 1. The van der Waals surface area contributed by atoms with Crippen LogP contribution in [0.25, 0.3) is 0 Å². The molecular formula is C17H30N2O4. The Morgan fingerprint density at radius 1 is 1.35 bits per heavy atom. The van der Waals surface area contributed by atoms with Gasteiger partial charge in [0.15, 0.2) is 11.8 Å². The van der Waals surface area contributed by atoms with E-state index in [9.17, 15) is 15.0 Å². The van der Waals surface area contributed by atoms with Gasteiger partial charge >= 0.3 is 0 Å². The smallest absolute Gasteiger partial charge is 0.221 e. The number of hydrogen-bond donors (Lipinski definition) is 3. The normalized spacial score (nSPS) is 11.1. The van der Waals surface area contributed by atoms with Crippen LogP contribution >= 0.6 is 0 Å². The Bertz CT molecular complexity index is 483. The van der Waals surface area contributed by atoms with E-state index in [4.69, 9.17) is 4.74 Å². The van der Waals surface area contributed by atoms with Crippen LogP contribution in [0.1, 0.15) is 45.6 Å². The summed E-state index contributed by atoms with van der Waals surface area (Å²) in [5.74, 6) is 0.538. The maximum atomic E-state index is 11.8. The molecule has 0 saturated carbocycles. The van der Waals surface area contributed by atoms with Gasteiger partial charge in [-0.1, -0.05) is 27.2 Å². The molecule has 1 rings (SSSR count). The first-order chi connectivity index (χ1) is 11.0. The van der Waals surface area contributed by atoms with E-state index in [1.807, 2.05) is 6.92 Å². The van der Waals surface area contributed by atoms with Crippen LogP contribution in [0.2, 0.25) is 0 Å². The van der Waals surface area contributed by atoms with Crippen molar-refractivity contribution in [3.63, 3.8) is 0 Å². The summed E-state index contributed by atoms with van der Waals surface area (Å²) in [5, 5.41) is 22.6. The third kappa shape index (κ3) is 6.95. The van der Waals surface area contributed by atoms with E-state index in [0.29, 0.717) is 37.7 Å². The summed E-state index contributed by atoms with van der Waals surface area (Å²) in [4.78, 5) is 11.8. The largest absolute Gasteiger partial charge is 0.494 e. The molecule has 0 fully saturated rings. The highest BCUT2D eigenvalue weighted by atomic mass is 16.5. The summed E-state index contributed by atoms with van der Waals surface area (Å²) < 4.78 is 6.79. The van der Waals surface area contributed by atoms with Crippen LogP contribution < -0.4 is 5.32 Å². The van der Waals surface area contributed by atoms with Crippen LogP contribution in [-0.4, -0.2) is 40.4 Å². The Hall–Kier alpha value is -1.69. The van der Waals surface area contributed by atoms with Crippen molar-refractivity contribution in [2.75, 3.05) is 19.8 Å². The highest BCUT2D eigenvalue weighted by Crippen LogP contribution is 2.28. The van der Waals surface area contributed by atoms with Crippen LogP contribution in [0.3, 0.4) is 0 Å². The molecule has 132 valence electrons. The number of carbonyl (C=O) groups is 1. The predicted molar refractivity (Wildman–Crippen MR) is 89.7 cm³/mol. The number of aryl methyl sites for hydroxylation is 1. The molecule has 1 amide bonds. The number of aromatic nitrogens is 1. The minimum Gasteiger partial charge on any atom is -0.494 e. The van der Waals surface area contributed by atoms with Crippen molar-refractivity contribution in [1.82, 2.24) is 9.88 Å². The lowest BCUT2D eigenvalue weighted by Gasteiger charge is -2.09. The third-order valence-corrected chi connectivity index (χ3v) is 3.61. The number of carbonyl (C=O) groups excluding carboxylic acids is 1. The van der Waals surface area contributed by atoms with Crippen LogP contribution in [0, 0.1) is 5.92 Å². The Balaban J connectivity index is 2.26. The van der Waals surface area contributed by atoms with E-state index in [0.717, 1.165) is 12.8 Å². The molecule has 0 aliphatic rings. The summed E-state index contributed by atoms with van der Waals surface area (Å²) in [6.07, 6.45) is 2.80. The summed E-state index contributed by atoms with van der Waals surface area (Å²) in [6.45, 7) is 8.22. The quantitative estimate of drug-likeness (QED) is 0.545. The predicted octanol–water partition coefficient (Wildman–Crippen LogP) is 2.42. The zero-order valence-electron chi connectivity index (χ0n) is 14.5. The molecule has 0 unspecified atom stereocenters. The minimum atomic E-state index is -0.123. The maximum Gasteiger partial charge on any atom is 0.221 e. The Kier molecular flexibility index (Phi) is 8.55. The molecular weight excluding hydrogens is 296 g/mol. The lowest BCUT2D eigenvalue weighted by atomic mass is 10.1. The number of rotatable bonds is 11. The van der Waals surface area contributed by atoms with Gasteiger partial charge in [-0.25, -0.2) is 0 Å². The molecule has 0 aliphatic carbocycles. The first-order valence-electron chi connectivity index (χ1n) is 8.40. The second-order valence-electron chi connectivity index (χ2n) is 6.15. The van der Waals surface area contributed by atoms with Crippen molar-refractivity contribution in [3.8, 4) is 11.8 Å². The topological polar surface area (TPSA) is 83.7 Å². The second-order valence-corrected chi connectivity index (χ2v) is 6.15. The van der Waals surface area contributed by atoms with Gasteiger partial charge < -0.3 is 20.3 Å². The lowest BCUT2D eigenvalue weighted by molar-refractivity contribution is -0.121. The van der Waals surface area contributed by atoms with Crippen LogP contribution in [0.5, 0.6) is 11.8 Å². The van der Waals surface area contributed by atoms with Crippen LogP contribution in [-0.2, 0) is 22.5 Å². The van der Waals surface area contributed by atoms with Crippen molar-refractivity contribution < 1.29 is 19.7 Å². The van der Waals surface area contributed by atoms with Crippen molar-refractivity contribution in [3.05, 3.63) is 11.6 Å². The third-order valence-electron chi connectivity index (χ3n) is 3.61. The van der Waals surface area contributed by atoms with E-state index in [-0.39, 0.29) is 30.6 Å². The van der Waals surface area contributed by atoms with Gasteiger partial charge in [-0.2, -0.15) is 0 Å². The average Bonchev–Trinajstić information content (AvgIpc) is 2.75. The number of ether oxygens (including phenoxy) is 1. The summed E-state index contributed by atoms with van der Waals surface area (Å²) in [6, 6.07) is 1.55. The molecule has 0 aromatic carbocycles. The monoisotopic (exact) mass is 326 g/mol. The zero-order valence-corrected chi connectivity index (χ0v) is 14.5. The molecule has 6 nitrogen and oxygen atoms in total. The summed E-state index contributed by atoms with van der Waals surface area (Å²) in [5.41, 5.74) is 0.712. The van der Waals surface area contributed by atoms with Crippen molar-refractivity contribution in [2.24, 2.45) is 5.92 Å². The molecule has 0 atom stereocenters. The van der Waals surface area contributed by atoms with Gasteiger partial charge in [0, 0.05) is 37.7 Å². The van der Waals surface area contributed by atoms with Crippen LogP contribution in [0.15, 0.2) is 6.07 Å². The fourth-order valence-electron chi connectivity index (χ4n) is 2.24. The number of aromatic hydroxyl groups is 2. The van der Waals surface area contributed by atoms with Gasteiger partial charge in [0.05, 0.1) is 6.61 Å². The van der Waals surface area contributed by atoms with Crippen molar-refractivity contribution in [1.29, 1.82) is 0 Å². The van der Waals surface area contributed by atoms with Crippen molar-refractivity contribution >= 4 is 5.91 Å². The molecule has 3 N–H and O–H groups in total. The molecule has 0 spiro atoms. The van der Waals surface area contributed by atoms with Gasteiger partial charge in [0.1, 0.15) is 0 Å². The van der Waals surface area contributed by atoms with E-state index in [1.165, 1.54) is 4.57 Å². The standard InChI is InChI=1S/C17H30N2O4/c1-4-5-14-12-16(21)19(17(14)22)9-6-15(20)18-8-11-23-10-7-13(2)3/h12-13,21-22H,4-11H2,1-3H3,(H,18,20). The molecule has 1 heterocycles. The second kappa shape index (κ2) is 10.2. The van der Waals surface area contributed by atoms with Gasteiger partial charge in [-0.3, -0.25) is 9.36 Å². The van der Waals surface area contributed by atoms with Gasteiger partial charge in [-0.05, 0) is 18.8 Å². The first kappa shape index (κ1) is 19.4. The van der Waals surface area contributed by atoms with E-state index >= 15 is 0 Å². The Morgan fingerprint density at radius 3 is 2.74 bits per heavy atom. The zero-order chi connectivity index (χ0) is 17.2. The molecule has 0 saturated heterocycles. The molecule has 6 heteroatoms. The van der Waals surface area contributed by atoms with Gasteiger partial charge in [0.2, 0.25) is 5.91 Å². The van der Waals surface area contributed by atoms with Crippen molar-refractivity contribution in [2.45, 2.75) is 53.0 Å².